The van der Waals surface area contributed by atoms with Crippen molar-refractivity contribution >= 4 is 11.3 Å². The molecule has 1 aliphatic heterocycles. The van der Waals surface area contributed by atoms with Crippen LogP contribution in [0.4, 0.5) is 0 Å². The zero-order valence-corrected chi connectivity index (χ0v) is 11.7. The van der Waals surface area contributed by atoms with E-state index in [9.17, 15) is 0 Å². The fraction of sp³-hybridized carbons (Fsp3) is 0.400. The van der Waals surface area contributed by atoms with E-state index in [2.05, 4.69) is 21.7 Å². The normalized spacial score (nSPS) is 19.3. The predicted molar refractivity (Wildman–Crippen MR) is 78.6 cm³/mol. The molecular weight excluding hydrogens is 256 g/mol. The van der Waals surface area contributed by atoms with Crippen LogP contribution in [0.15, 0.2) is 35.7 Å². The molecule has 0 aliphatic carbocycles. The van der Waals surface area contributed by atoms with Gasteiger partial charge in [-0.05, 0) is 36.9 Å². The molecule has 0 aromatic carbocycles. The molecule has 0 bridgehead atoms. The Morgan fingerprint density at radius 1 is 1.32 bits per heavy atom. The third kappa shape index (κ3) is 3.33. The van der Waals surface area contributed by atoms with E-state index in [0.717, 1.165) is 31.3 Å². The average Bonchev–Trinajstić information content (AvgIpc) is 3.01. The molecule has 4 heteroatoms. The second-order valence-electron chi connectivity index (χ2n) is 4.86. The van der Waals surface area contributed by atoms with E-state index in [1.807, 2.05) is 24.3 Å². The van der Waals surface area contributed by atoms with Crippen LogP contribution in [0.5, 0.6) is 5.88 Å². The van der Waals surface area contributed by atoms with Crippen molar-refractivity contribution in [1.82, 2.24) is 10.3 Å². The summed E-state index contributed by atoms with van der Waals surface area (Å²) in [6.45, 7) is 2.96. The molecule has 1 unspecified atom stereocenters. The highest BCUT2D eigenvalue weighted by Crippen LogP contribution is 2.24. The van der Waals surface area contributed by atoms with Crippen molar-refractivity contribution in [3.05, 3.63) is 35.7 Å². The summed E-state index contributed by atoms with van der Waals surface area (Å²) in [7, 11) is 0. The van der Waals surface area contributed by atoms with Crippen molar-refractivity contribution in [2.45, 2.75) is 12.8 Å². The Bertz CT molecular complexity index is 507. The number of rotatable bonds is 4. The van der Waals surface area contributed by atoms with Crippen molar-refractivity contribution in [2.24, 2.45) is 5.92 Å². The van der Waals surface area contributed by atoms with Gasteiger partial charge in [0.1, 0.15) is 0 Å². The van der Waals surface area contributed by atoms with Crippen LogP contribution >= 0.6 is 11.3 Å². The highest BCUT2D eigenvalue weighted by Gasteiger charge is 2.13. The van der Waals surface area contributed by atoms with E-state index in [-0.39, 0.29) is 0 Å². The number of aromatic nitrogens is 1. The van der Waals surface area contributed by atoms with Gasteiger partial charge < -0.3 is 10.1 Å². The van der Waals surface area contributed by atoms with E-state index in [4.69, 9.17) is 4.74 Å². The molecule has 3 rings (SSSR count). The molecular formula is C15H18N2OS. The van der Waals surface area contributed by atoms with Gasteiger partial charge in [-0.15, -0.1) is 11.3 Å². The number of piperidine rings is 1. The van der Waals surface area contributed by atoms with Crippen LogP contribution in [0, 0.1) is 5.92 Å². The van der Waals surface area contributed by atoms with Gasteiger partial charge in [0, 0.05) is 18.5 Å². The van der Waals surface area contributed by atoms with E-state index in [1.54, 1.807) is 11.3 Å². The molecule has 3 heterocycles. The lowest BCUT2D eigenvalue weighted by molar-refractivity contribution is 0.212. The van der Waals surface area contributed by atoms with E-state index in [0.29, 0.717) is 5.92 Å². The van der Waals surface area contributed by atoms with Gasteiger partial charge in [-0.25, -0.2) is 4.98 Å². The summed E-state index contributed by atoms with van der Waals surface area (Å²) in [6.07, 6.45) is 2.49. The van der Waals surface area contributed by atoms with Gasteiger partial charge in [0.05, 0.1) is 17.2 Å². The molecule has 1 atom stereocenters. The molecule has 0 spiro atoms. The molecule has 3 nitrogen and oxygen atoms in total. The van der Waals surface area contributed by atoms with Crippen LogP contribution in [0.3, 0.4) is 0 Å². The molecule has 1 aliphatic rings. The topological polar surface area (TPSA) is 34.1 Å². The average molecular weight is 274 g/mol. The maximum atomic E-state index is 5.84. The fourth-order valence-corrected chi connectivity index (χ4v) is 3.02. The highest BCUT2D eigenvalue weighted by molar-refractivity contribution is 7.13. The summed E-state index contributed by atoms with van der Waals surface area (Å²) in [6, 6.07) is 10.1. The minimum atomic E-state index is 0.612. The van der Waals surface area contributed by atoms with Crippen molar-refractivity contribution in [3.8, 4) is 16.5 Å². The zero-order chi connectivity index (χ0) is 12.9. The molecule has 1 saturated heterocycles. The number of nitrogens with one attached hydrogen (secondary N) is 1. The van der Waals surface area contributed by atoms with Crippen LogP contribution < -0.4 is 10.1 Å². The lowest BCUT2D eigenvalue weighted by atomic mass is 10.0. The van der Waals surface area contributed by atoms with Crippen LogP contribution in [0.2, 0.25) is 0 Å². The van der Waals surface area contributed by atoms with Gasteiger partial charge >= 0.3 is 0 Å². The molecule has 0 saturated carbocycles. The highest BCUT2D eigenvalue weighted by atomic mass is 32.1. The lowest BCUT2D eigenvalue weighted by Crippen LogP contribution is -2.33. The Morgan fingerprint density at radius 3 is 3.11 bits per heavy atom. The fourth-order valence-electron chi connectivity index (χ4n) is 2.33. The number of nitrogens with zero attached hydrogens (tertiary/aromatic N) is 1. The smallest absolute Gasteiger partial charge is 0.213 e. The first-order chi connectivity index (χ1) is 9.42. The Balaban J connectivity index is 1.63. The maximum Gasteiger partial charge on any atom is 0.213 e. The third-order valence-corrected chi connectivity index (χ3v) is 4.26. The number of hydrogen-bond donors (Lipinski definition) is 1. The lowest BCUT2D eigenvalue weighted by Gasteiger charge is -2.22. The predicted octanol–water partition coefficient (Wildman–Crippen LogP) is 3.19. The third-order valence-electron chi connectivity index (χ3n) is 3.36. The number of pyridine rings is 1. The largest absolute Gasteiger partial charge is 0.477 e. The van der Waals surface area contributed by atoms with Crippen LogP contribution in [-0.2, 0) is 0 Å². The van der Waals surface area contributed by atoms with Gasteiger partial charge in [0.25, 0.3) is 0 Å². The summed E-state index contributed by atoms with van der Waals surface area (Å²) in [5.41, 5.74) is 0.995. The Kier molecular flexibility index (Phi) is 4.10. The molecule has 2 aromatic heterocycles. The van der Waals surface area contributed by atoms with Crippen LogP contribution in [0.25, 0.3) is 10.6 Å². The van der Waals surface area contributed by atoms with Crippen LogP contribution in [-0.4, -0.2) is 24.7 Å². The standard InChI is InChI=1S/C15H18N2OS/c1-5-13(14-6-3-9-19-14)17-15(7-1)18-11-12-4-2-8-16-10-12/h1,3,5-7,9,12,16H,2,4,8,10-11H2. The molecule has 1 N–H and O–H groups in total. The number of ether oxygens (including phenoxy) is 1. The minimum absolute atomic E-state index is 0.612. The maximum absolute atomic E-state index is 5.84. The monoisotopic (exact) mass is 274 g/mol. The summed E-state index contributed by atoms with van der Waals surface area (Å²) < 4.78 is 5.84. The molecule has 19 heavy (non-hydrogen) atoms. The Morgan fingerprint density at radius 2 is 2.32 bits per heavy atom. The van der Waals surface area contributed by atoms with Gasteiger partial charge in [0.15, 0.2) is 0 Å². The Hall–Kier alpha value is -1.39. The van der Waals surface area contributed by atoms with Gasteiger partial charge in [-0.2, -0.15) is 0 Å². The summed E-state index contributed by atoms with van der Waals surface area (Å²) in [5.74, 6) is 1.34. The molecule has 1 fully saturated rings. The van der Waals surface area contributed by atoms with Crippen LogP contribution in [0.1, 0.15) is 12.8 Å². The van der Waals surface area contributed by atoms with Gasteiger partial charge in [-0.1, -0.05) is 12.1 Å². The number of hydrogen-bond acceptors (Lipinski definition) is 4. The zero-order valence-electron chi connectivity index (χ0n) is 10.8. The van der Waals surface area contributed by atoms with Crippen molar-refractivity contribution in [3.63, 3.8) is 0 Å². The number of thiophene rings is 1. The van der Waals surface area contributed by atoms with E-state index >= 15 is 0 Å². The first-order valence-electron chi connectivity index (χ1n) is 6.76. The molecule has 0 amide bonds. The first-order valence-corrected chi connectivity index (χ1v) is 7.64. The SMILES string of the molecule is c1cc(OCC2CCCNC2)nc(-c2cccs2)c1. The van der Waals surface area contributed by atoms with E-state index < -0.39 is 0 Å². The quantitative estimate of drug-likeness (QED) is 0.929. The van der Waals surface area contributed by atoms with Crippen molar-refractivity contribution in [2.75, 3.05) is 19.7 Å². The second kappa shape index (κ2) is 6.17. The van der Waals surface area contributed by atoms with Crippen molar-refractivity contribution in [1.29, 1.82) is 0 Å². The molecule has 100 valence electrons. The molecule has 2 aromatic rings. The minimum Gasteiger partial charge on any atom is -0.477 e. The van der Waals surface area contributed by atoms with E-state index in [1.165, 1.54) is 17.7 Å². The Labute approximate surface area is 117 Å². The molecule has 0 radical (unpaired) electrons. The van der Waals surface area contributed by atoms with Crippen molar-refractivity contribution < 1.29 is 4.74 Å². The summed E-state index contributed by atoms with van der Waals surface area (Å²) in [4.78, 5) is 5.75. The first kappa shape index (κ1) is 12.6. The van der Waals surface area contributed by atoms with Gasteiger partial charge in [0.2, 0.25) is 5.88 Å². The summed E-state index contributed by atoms with van der Waals surface area (Å²) >= 11 is 1.70. The second-order valence-corrected chi connectivity index (χ2v) is 5.81. The summed E-state index contributed by atoms with van der Waals surface area (Å²) in [5, 5.41) is 5.47. The van der Waals surface area contributed by atoms with Gasteiger partial charge in [-0.3, -0.25) is 0 Å².